The van der Waals surface area contributed by atoms with Crippen LogP contribution in [0.5, 0.6) is 5.75 Å². The first kappa shape index (κ1) is 15.4. The molecule has 5 nitrogen and oxygen atoms in total. The second kappa shape index (κ2) is 5.76. The lowest BCUT2D eigenvalue weighted by Crippen LogP contribution is -2.68. The summed E-state index contributed by atoms with van der Waals surface area (Å²) < 4.78 is 5.21. The van der Waals surface area contributed by atoms with Crippen molar-refractivity contribution in [2.75, 3.05) is 7.11 Å². The molecule has 5 heteroatoms. The van der Waals surface area contributed by atoms with Gasteiger partial charge in [0.1, 0.15) is 17.3 Å². The summed E-state index contributed by atoms with van der Waals surface area (Å²) >= 11 is 0. The highest BCUT2D eigenvalue weighted by Gasteiger charge is 2.46. The molecule has 1 heterocycles. The number of rotatable bonds is 4. The molecule has 1 aromatic rings. The number of nitrogens with zero attached hydrogens (tertiary/aromatic N) is 1. The normalized spacial score (nSPS) is 25.7. The summed E-state index contributed by atoms with van der Waals surface area (Å²) in [6.07, 6.45) is 0.571. The number of piperazine rings is 1. The molecule has 1 fully saturated rings. The average molecular weight is 290 g/mol. The van der Waals surface area contributed by atoms with E-state index < -0.39 is 11.6 Å². The van der Waals surface area contributed by atoms with Crippen LogP contribution in [0.2, 0.25) is 0 Å². The Labute approximate surface area is 125 Å². The van der Waals surface area contributed by atoms with Crippen LogP contribution in [0.1, 0.15) is 32.8 Å². The van der Waals surface area contributed by atoms with Crippen LogP contribution < -0.4 is 10.1 Å². The maximum atomic E-state index is 12.5. The fourth-order valence-corrected chi connectivity index (χ4v) is 2.57. The third-order valence-electron chi connectivity index (χ3n) is 4.23. The quantitative estimate of drug-likeness (QED) is 0.918. The van der Waals surface area contributed by atoms with Crippen LogP contribution in [0.4, 0.5) is 0 Å². The molecule has 0 bridgehead atoms. The van der Waals surface area contributed by atoms with E-state index >= 15 is 0 Å². The number of amides is 2. The van der Waals surface area contributed by atoms with E-state index in [1.807, 2.05) is 38.1 Å². The Morgan fingerprint density at radius 2 is 2.10 bits per heavy atom. The number of methoxy groups -OCH3 is 1. The highest BCUT2D eigenvalue weighted by atomic mass is 16.5. The third kappa shape index (κ3) is 2.73. The van der Waals surface area contributed by atoms with Gasteiger partial charge in [-0.2, -0.15) is 0 Å². The molecular weight excluding hydrogens is 268 g/mol. The number of hydrogen-bond acceptors (Lipinski definition) is 3. The minimum atomic E-state index is -0.813. The molecule has 1 saturated heterocycles. The zero-order valence-corrected chi connectivity index (χ0v) is 13.0. The SMILES string of the molecule is CCC1(C)C(=O)NC(C)C(=O)N1Cc1cccc(OC)c1. The first-order chi connectivity index (χ1) is 9.92. The largest absolute Gasteiger partial charge is 0.497 e. The molecule has 0 spiro atoms. The summed E-state index contributed by atoms with van der Waals surface area (Å²) in [5.41, 5.74) is 0.136. The molecule has 1 N–H and O–H groups in total. The summed E-state index contributed by atoms with van der Waals surface area (Å²) in [6, 6.07) is 7.08. The first-order valence-electron chi connectivity index (χ1n) is 7.17. The van der Waals surface area contributed by atoms with Crippen LogP contribution in [0.25, 0.3) is 0 Å². The highest BCUT2D eigenvalue weighted by molar-refractivity contribution is 5.99. The van der Waals surface area contributed by atoms with E-state index in [2.05, 4.69) is 5.32 Å². The number of nitrogens with one attached hydrogen (secondary N) is 1. The Bertz CT molecular complexity index is 558. The Morgan fingerprint density at radius 3 is 2.71 bits per heavy atom. The van der Waals surface area contributed by atoms with E-state index in [1.54, 1.807) is 18.9 Å². The molecule has 0 radical (unpaired) electrons. The van der Waals surface area contributed by atoms with E-state index in [0.717, 1.165) is 11.3 Å². The van der Waals surface area contributed by atoms with Crippen molar-refractivity contribution in [2.24, 2.45) is 0 Å². The van der Waals surface area contributed by atoms with Gasteiger partial charge in [0.25, 0.3) is 0 Å². The molecule has 2 unspecified atom stereocenters. The molecule has 1 aliphatic heterocycles. The number of ether oxygens (including phenoxy) is 1. The predicted octanol–water partition coefficient (Wildman–Crippen LogP) is 1.71. The lowest BCUT2D eigenvalue weighted by Gasteiger charge is -2.45. The number of carbonyl (C=O) groups is 2. The second-order valence-corrected chi connectivity index (χ2v) is 5.60. The Balaban J connectivity index is 2.33. The van der Waals surface area contributed by atoms with Crippen molar-refractivity contribution in [1.29, 1.82) is 0 Å². The van der Waals surface area contributed by atoms with Gasteiger partial charge in [0.2, 0.25) is 11.8 Å². The van der Waals surface area contributed by atoms with Crippen molar-refractivity contribution < 1.29 is 14.3 Å². The average Bonchev–Trinajstić information content (AvgIpc) is 2.50. The van der Waals surface area contributed by atoms with E-state index in [-0.39, 0.29) is 11.8 Å². The fourth-order valence-electron chi connectivity index (χ4n) is 2.57. The second-order valence-electron chi connectivity index (χ2n) is 5.60. The van der Waals surface area contributed by atoms with Crippen LogP contribution in [0.15, 0.2) is 24.3 Å². The van der Waals surface area contributed by atoms with Crippen molar-refractivity contribution in [1.82, 2.24) is 10.2 Å². The first-order valence-corrected chi connectivity index (χ1v) is 7.17. The summed E-state index contributed by atoms with van der Waals surface area (Å²) in [7, 11) is 1.61. The Hall–Kier alpha value is -2.04. The molecule has 0 aliphatic carbocycles. The van der Waals surface area contributed by atoms with Crippen LogP contribution in [0, 0.1) is 0 Å². The number of hydrogen-bond donors (Lipinski definition) is 1. The topological polar surface area (TPSA) is 58.6 Å². The molecule has 0 saturated carbocycles. The summed E-state index contributed by atoms with van der Waals surface area (Å²) in [5.74, 6) is 0.592. The van der Waals surface area contributed by atoms with Crippen molar-refractivity contribution >= 4 is 11.8 Å². The molecule has 2 rings (SSSR count). The zero-order valence-electron chi connectivity index (χ0n) is 13.0. The van der Waals surface area contributed by atoms with Crippen LogP contribution >= 0.6 is 0 Å². The lowest BCUT2D eigenvalue weighted by molar-refractivity contribution is -0.157. The third-order valence-corrected chi connectivity index (χ3v) is 4.23. The van der Waals surface area contributed by atoms with Crippen LogP contribution in [-0.2, 0) is 16.1 Å². The van der Waals surface area contributed by atoms with Crippen molar-refractivity contribution in [3.8, 4) is 5.75 Å². The van der Waals surface area contributed by atoms with Crippen molar-refractivity contribution in [3.63, 3.8) is 0 Å². The maximum absolute atomic E-state index is 12.5. The van der Waals surface area contributed by atoms with E-state index in [4.69, 9.17) is 4.74 Å². The molecule has 114 valence electrons. The van der Waals surface area contributed by atoms with Gasteiger partial charge >= 0.3 is 0 Å². The van der Waals surface area contributed by atoms with Gasteiger partial charge < -0.3 is 15.0 Å². The summed E-state index contributed by atoms with van der Waals surface area (Å²) in [4.78, 5) is 26.5. The van der Waals surface area contributed by atoms with Crippen molar-refractivity contribution in [2.45, 2.75) is 45.3 Å². The fraction of sp³-hybridized carbons (Fsp3) is 0.500. The maximum Gasteiger partial charge on any atom is 0.246 e. The van der Waals surface area contributed by atoms with Gasteiger partial charge in [-0.15, -0.1) is 0 Å². The van der Waals surface area contributed by atoms with Crippen LogP contribution in [0.3, 0.4) is 0 Å². The molecule has 0 aromatic heterocycles. The summed E-state index contributed by atoms with van der Waals surface area (Å²) in [5, 5.41) is 2.75. The Kier molecular flexibility index (Phi) is 4.21. The van der Waals surface area contributed by atoms with E-state index in [9.17, 15) is 9.59 Å². The zero-order chi connectivity index (χ0) is 15.6. The minimum Gasteiger partial charge on any atom is -0.497 e. The molecule has 2 amide bonds. The van der Waals surface area contributed by atoms with E-state index in [0.29, 0.717) is 13.0 Å². The van der Waals surface area contributed by atoms with Gasteiger partial charge in [0.15, 0.2) is 0 Å². The molecular formula is C16H22N2O3. The summed E-state index contributed by atoms with van der Waals surface area (Å²) in [6.45, 7) is 5.85. The monoisotopic (exact) mass is 290 g/mol. The standard InChI is InChI=1S/C16H22N2O3/c1-5-16(3)15(20)17-11(2)14(19)18(16)10-12-7-6-8-13(9-12)21-4/h6-9,11H,5,10H2,1-4H3,(H,17,20). The van der Waals surface area contributed by atoms with Gasteiger partial charge in [0, 0.05) is 6.54 Å². The minimum absolute atomic E-state index is 0.0539. The molecule has 1 aliphatic rings. The predicted molar refractivity (Wildman–Crippen MR) is 79.8 cm³/mol. The highest BCUT2D eigenvalue weighted by Crippen LogP contribution is 2.27. The van der Waals surface area contributed by atoms with Gasteiger partial charge in [-0.3, -0.25) is 9.59 Å². The van der Waals surface area contributed by atoms with Gasteiger partial charge in [-0.05, 0) is 38.0 Å². The molecule has 21 heavy (non-hydrogen) atoms. The smallest absolute Gasteiger partial charge is 0.246 e. The van der Waals surface area contributed by atoms with Gasteiger partial charge in [-0.25, -0.2) is 0 Å². The van der Waals surface area contributed by atoms with E-state index in [1.165, 1.54) is 0 Å². The van der Waals surface area contributed by atoms with Crippen molar-refractivity contribution in [3.05, 3.63) is 29.8 Å². The van der Waals surface area contributed by atoms with Gasteiger partial charge in [-0.1, -0.05) is 19.1 Å². The molecule has 1 aromatic carbocycles. The number of carbonyl (C=O) groups excluding carboxylic acids is 2. The number of benzene rings is 1. The lowest BCUT2D eigenvalue weighted by atomic mass is 9.90. The van der Waals surface area contributed by atoms with Gasteiger partial charge in [0.05, 0.1) is 7.11 Å². The molecule has 2 atom stereocenters. The Morgan fingerprint density at radius 1 is 1.38 bits per heavy atom. The van der Waals surface area contributed by atoms with Crippen LogP contribution in [-0.4, -0.2) is 35.4 Å².